The first-order valence-electron chi connectivity index (χ1n) is 8.56. The summed E-state index contributed by atoms with van der Waals surface area (Å²) in [6.07, 6.45) is 6.31. The summed E-state index contributed by atoms with van der Waals surface area (Å²) in [5.41, 5.74) is 1.79. The first-order chi connectivity index (χ1) is 12.3. The number of carbonyl (C=O) groups is 1. The number of hydrogen-bond acceptors (Lipinski definition) is 4. The fraction of sp³-hybridized carbons (Fsp3) is 0.316. The van der Waals surface area contributed by atoms with Crippen molar-refractivity contribution >= 4 is 17.2 Å². The molecule has 6 heteroatoms. The Balaban J connectivity index is 1.37. The number of aromatic amines is 1. The molecule has 0 unspecified atom stereocenters. The Morgan fingerprint density at radius 1 is 1.24 bits per heavy atom. The molecule has 0 radical (unpaired) electrons. The number of aromatic nitrogens is 3. The van der Waals surface area contributed by atoms with Crippen LogP contribution in [0.3, 0.4) is 0 Å². The molecule has 1 saturated heterocycles. The average Bonchev–Trinajstić information content (AvgIpc) is 3.34. The molecule has 1 aliphatic heterocycles. The second-order valence-electron chi connectivity index (χ2n) is 6.33. The fourth-order valence-corrected chi connectivity index (χ4v) is 4.08. The maximum absolute atomic E-state index is 12.7. The van der Waals surface area contributed by atoms with Crippen molar-refractivity contribution in [2.45, 2.75) is 25.2 Å². The molecule has 0 spiro atoms. The van der Waals surface area contributed by atoms with E-state index >= 15 is 0 Å². The Kier molecular flexibility index (Phi) is 4.61. The standard InChI is InChI=1S/C19H20N4OS/c24-19(23-10-6-15(7-11-23)18-20-8-9-21-18)16-13-25-17(22-16)12-14-4-2-1-3-5-14/h1-5,8-9,13,15H,6-7,10-12H2,(H,20,21). The molecule has 0 aliphatic carbocycles. The molecule has 1 fully saturated rings. The number of imidazole rings is 1. The van der Waals surface area contributed by atoms with Crippen molar-refractivity contribution in [3.8, 4) is 0 Å². The number of H-pyrrole nitrogens is 1. The highest BCUT2D eigenvalue weighted by molar-refractivity contribution is 7.09. The number of piperidine rings is 1. The summed E-state index contributed by atoms with van der Waals surface area (Å²) in [6.45, 7) is 1.52. The summed E-state index contributed by atoms with van der Waals surface area (Å²) < 4.78 is 0. The molecule has 5 nitrogen and oxygen atoms in total. The molecule has 0 atom stereocenters. The number of thiazole rings is 1. The summed E-state index contributed by atoms with van der Waals surface area (Å²) >= 11 is 1.56. The number of nitrogens with one attached hydrogen (secondary N) is 1. The summed E-state index contributed by atoms with van der Waals surface area (Å²) in [4.78, 5) is 26.7. The van der Waals surface area contributed by atoms with Crippen molar-refractivity contribution in [2.24, 2.45) is 0 Å². The Labute approximate surface area is 150 Å². The first kappa shape index (κ1) is 16.0. The van der Waals surface area contributed by atoms with Gasteiger partial charge in [0.2, 0.25) is 0 Å². The van der Waals surface area contributed by atoms with Gasteiger partial charge in [-0.3, -0.25) is 4.79 Å². The van der Waals surface area contributed by atoms with Crippen LogP contribution in [0.1, 0.15) is 45.6 Å². The SMILES string of the molecule is O=C(c1csc(Cc2ccccc2)n1)N1CCC(c2ncc[nH]2)CC1. The molecule has 1 aromatic carbocycles. The van der Waals surface area contributed by atoms with Crippen LogP contribution in [-0.2, 0) is 6.42 Å². The predicted molar refractivity (Wildman–Crippen MR) is 97.8 cm³/mol. The van der Waals surface area contributed by atoms with Gasteiger partial charge in [-0.05, 0) is 18.4 Å². The minimum Gasteiger partial charge on any atom is -0.348 e. The van der Waals surface area contributed by atoms with Crippen LogP contribution in [0, 0.1) is 0 Å². The number of carbonyl (C=O) groups excluding carboxylic acids is 1. The third kappa shape index (κ3) is 3.64. The molecule has 1 aliphatic rings. The van der Waals surface area contributed by atoms with E-state index in [0.29, 0.717) is 11.6 Å². The van der Waals surface area contributed by atoms with Gasteiger partial charge in [0.25, 0.3) is 5.91 Å². The van der Waals surface area contributed by atoms with Gasteiger partial charge in [-0.25, -0.2) is 9.97 Å². The summed E-state index contributed by atoms with van der Waals surface area (Å²) in [5, 5.41) is 2.87. The van der Waals surface area contributed by atoms with Gasteiger partial charge in [0.15, 0.2) is 0 Å². The number of amides is 1. The quantitative estimate of drug-likeness (QED) is 0.782. The monoisotopic (exact) mass is 352 g/mol. The van der Waals surface area contributed by atoms with Gasteiger partial charge in [-0.1, -0.05) is 30.3 Å². The average molecular weight is 352 g/mol. The molecule has 25 heavy (non-hydrogen) atoms. The Morgan fingerprint density at radius 3 is 2.76 bits per heavy atom. The zero-order chi connectivity index (χ0) is 17.1. The van der Waals surface area contributed by atoms with Crippen molar-refractivity contribution in [3.05, 3.63) is 70.2 Å². The maximum atomic E-state index is 12.7. The normalized spacial score (nSPS) is 15.4. The molecule has 4 rings (SSSR count). The van der Waals surface area contributed by atoms with E-state index in [-0.39, 0.29) is 5.91 Å². The number of likely N-dealkylation sites (tertiary alicyclic amines) is 1. The summed E-state index contributed by atoms with van der Waals surface area (Å²) in [7, 11) is 0. The minimum atomic E-state index is 0.0495. The van der Waals surface area contributed by atoms with Crippen molar-refractivity contribution in [1.82, 2.24) is 19.9 Å². The second kappa shape index (κ2) is 7.19. The molecule has 0 bridgehead atoms. The highest BCUT2D eigenvalue weighted by atomic mass is 32.1. The van der Waals surface area contributed by atoms with E-state index in [4.69, 9.17) is 0 Å². The Morgan fingerprint density at radius 2 is 2.04 bits per heavy atom. The van der Waals surface area contributed by atoms with Crippen molar-refractivity contribution < 1.29 is 4.79 Å². The Hall–Kier alpha value is -2.47. The van der Waals surface area contributed by atoms with Gasteiger partial charge in [-0.2, -0.15) is 0 Å². The molecule has 1 amide bonds. The molecule has 0 saturated carbocycles. The largest absolute Gasteiger partial charge is 0.348 e. The lowest BCUT2D eigenvalue weighted by molar-refractivity contribution is 0.0706. The van der Waals surface area contributed by atoms with Gasteiger partial charge in [0.1, 0.15) is 11.5 Å². The number of nitrogens with zero attached hydrogens (tertiary/aromatic N) is 3. The van der Waals surface area contributed by atoms with E-state index in [1.807, 2.05) is 34.7 Å². The topological polar surface area (TPSA) is 61.9 Å². The zero-order valence-electron chi connectivity index (χ0n) is 13.9. The third-order valence-corrected chi connectivity index (χ3v) is 5.51. The number of benzene rings is 1. The van der Waals surface area contributed by atoms with Crippen LogP contribution < -0.4 is 0 Å². The van der Waals surface area contributed by atoms with Crippen molar-refractivity contribution in [3.63, 3.8) is 0 Å². The molecule has 3 heterocycles. The van der Waals surface area contributed by atoms with Crippen LogP contribution >= 0.6 is 11.3 Å². The Bertz CT molecular complexity index is 820. The third-order valence-electron chi connectivity index (χ3n) is 4.66. The smallest absolute Gasteiger partial charge is 0.273 e. The van der Waals surface area contributed by atoms with E-state index in [9.17, 15) is 4.79 Å². The fourth-order valence-electron chi connectivity index (χ4n) is 3.28. The van der Waals surface area contributed by atoms with Crippen LogP contribution in [0.2, 0.25) is 0 Å². The molecule has 128 valence electrons. The number of hydrogen-bond donors (Lipinski definition) is 1. The van der Waals surface area contributed by atoms with Crippen molar-refractivity contribution in [1.29, 1.82) is 0 Å². The molecule has 2 aromatic heterocycles. The van der Waals surface area contributed by atoms with Gasteiger partial charge in [0, 0.05) is 43.2 Å². The molecular weight excluding hydrogens is 332 g/mol. The number of rotatable bonds is 4. The molecule has 3 aromatic rings. The zero-order valence-corrected chi connectivity index (χ0v) is 14.7. The van der Waals surface area contributed by atoms with E-state index in [0.717, 1.165) is 43.2 Å². The van der Waals surface area contributed by atoms with E-state index in [1.54, 1.807) is 17.5 Å². The van der Waals surface area contributed by atoms with Gasteiger partial charge in [-0.15, -0.1) is 11.3 Å². The second-order valence-corrected chi connectivity index (χ2v) is 7.27. The van der Waals surface area contributed by atoms with E-state index in [2.05, 4.69) is 27.1 Å². The van der Waals surface area contributed by atoms with Gasteiger partial charge in [0.05, 0.1) is 5.01 Å². The van der Waals surface area contributed by atoms with Crippen LogP contribution in [0.5, 0.6) is 0 Å². The van der Waals surface area contributed by atoms with Crippen LogP contribution in [0.4, 0.5) is 0 Å². The van der Waals surface area contributed by atoms with Crippen molar-refractivity contribution in [2.75, 3.05) is 13.1 Å². The highest BCUT2D eigenvalue weighted by Gasteiger charge is 2.26. The molecular formula is C19H20N4OS. The maximum Gasteiger partial charge on any atom is 0.273 e. The van der Waals surface area contributed by atoms with Gasteiger partial charge < -0.3 is 9.88 Å². The summed E-state index contributed by atoms with van der Waals surface area (Å²) in [5.74, 6) is 1.50. The lowest BCUT2D eigenvalue weighted by Gasteiger charge is -2.30. The highest BCUT2D eigenvalue weighted by Crippen LogP contribution is 2.26. The minimum absolute atomic E-state index is 0.0495. The summed E-state index contributed by atoms with van der Waals surface area (Å²) in [6, 6.07) is 10.2. The first-order valence-corrected chi connectivity index (χ1v) is 9.44. The molecule has 1 N–H and O–H groups in total. The van der Waals surface area contributed by atoms with E-state index in [1.165, 1.54) is 5.56 Å². The lowest BCUT2D eigenvalue weighted by Crippen LogP contribution is -2.38. The van der Waals surface area contributed by atoms with Crippen LogP contribution in [-0.4, -0.2) is 38.8 Å². The van der Waals surface area contributed by atoms with E-state index < -0.39 is 0 Å². The van der Waals surface area contributed by atoms with Crippen LogP contribution in [0.15, 0.2) is 48.1 Å². The predicted octanol–water partition coefficient (Wildman–Crippen LogP) is 3.48. The van der Waals surface area contributed by atoms with Crippen LogP contribution in [0.25, 0.3) is 0 Å². The lowest BCUT2D eigenvalue weighted by atomic mass is 9.96. The van der Waals surface area contributed by atoms with Gasteiger partial charge >= 0.3 is 0 Å².